The van der Waals surface area contributed by atoms with Crippen molar-refractivity contribution >= 4 is 28.5 Å². The van der Waals surface area contributed by atoms with E-state index in [4.69, 9.17) is 5.26 Å². The molecule has 0 bridgehead atoms. The van der Waals surface area contributed by atoms with E-state index in [1.54, 1.807) is 0 Å². The monoisotopic (exact) mass is 340 g/mol. The van der Waals surface area contributed by atoms with Crippen LogP contribution in [0.1, 0.15) is 29.6 Å². The smallest absolute Gasteiger partial charge is 0.254 e. The van der Waals surface area contributed by atoms with Gasteiger partial charge in [0, 0.05) is 21.7 Å². The van der Waals surface area contributed by atoms with Crippen LogP contribution in [0, 0.1) is 14.9 Å². The number of carbonyl (C=O) groups is 1. The maximum atomic E-state index is 12.3. The maximum Gasteiger partial charge on any atom is 0.254 e. The van der Waals surface area contributed by atoms with Gasteiger partial charge in [0.05, 0.1) is 12.5 Å². The Labute approximate surface area is 115 Å². The van der Waals surface area contributed by atoms with Crippen molar-refractivity contribution in [2.75, 3.05) is 6.54 Å². The second kappa shape index (κ2) is 5.50. The zero-order valence-corrected chi connectivity index (χ0v) is 11.6. The fourth-order valence-corrected chi connectivity index (χ4v) is 2.12. The Balaban J connectivity index is 2.10. The number of nitriles is 1. The Bertz CT molecular complexity index is 445. The minimum atomic E-state index is 0.0548. The summed E-state index contributed by atoms with van der Waals surface area (Å²) < 4.78 is 1.12. The molecule has 1 aliphatic rings. The van der Waals surface area contributed by atoms with Gasteiger partial charge in [-0.15, -0.1) is 0 Å². The number of rotatable bonds is 4. The molecule has 2 rings (SSSR count). The van der Waals surface area contributed by atoms with Gasteiger partial charge in [-0.1, -0.05) is 0 Å². The SMILES string of the molecule is N#CCCN(C(=O)c1ccc(I)cc1)C1CC1. The molecule has 4 heteroatoms. The Hall–Kier alpha value is -1.09. The van der Waals surface area contributed by atoms with Crippen LogP contribution in [0.15, 0.2) is 24.3 Å². The summed E-state index contributed by atoms with van der Waals surface area (Å²) in [4.78, 5) is 14.1. The molecule has 0 spiro atoms. The largest absolute Gasteiger partial charge is 0.335 e. The van der Waals surface area contributed by atoms with Crippen LogP contribution >= 0.6 is 22.6 Å². The molecule has 1 fully saturated rings. The maximum absolute atomic E-state index is 12.3. The summed E-state index contributed by atoms with van der Waals surface area (Å²) in [5, 5.41) is 8.62. The zero-order chi connectivity index (χ0) is 12.3. The second-order valence-corrected chi connectivity index (χ2v) is 5.39. The third-order valence-electron chi connectivity index (χ3n) is 2.80. The van der Waals surface area contributed by atoms with Crippen LogP contribution in [0.25, 0.3) is 0 Å². The average molecular weight is 340 g/mol. The molecule has 0 heterocycles. The van der Waals surface area contributed by atoms with Gasteiger partial charge in [-0.3, -0.25) is 4.79 Å². The Morgan fingerprint density at radius 2 is 2.06 bits per heavy atom. The first-order valence-corrected chi connectivity index (χ1v) is 6.73. The van der Waals surface area contributed by atoms with E-state index in [1.807, 2.05) is 29.2 Å². The summed E-state index contributed by atoms with van der Waals surface area (Å²) in [6.07, 6.45) is 2.55. The van der Waals surface area contributed by atoms with E-state index in [-0.39, 0.29) is 5.91 Å². The van der Waals surface area contributed by atoms with Crippen molar-refractivity contribution in [1.82, 2.24) is 4.90 Å². The molecule has 0 aliphatic heterocycles. The van der Waals surface area contributed by atoms with Gasteiger partial charge in [0.25, 0.3) is 5.91 Å². The molecular formula is C13H13IN2O. The molecule has 0 aromatic heterocycles. The topological polar surface area (TPSA) is 44.1 Å². The summed E-state index contributed by atoms with van der Waals surface area (Å²) >= 11 is 2.22. The molecule has 0 saturated heterocycles. The summed E-state index contributed by atoms with van der Waals surface area (Å²) in [6, 6.07) is 10.0. The number of hydrogen-bond acceptors (Lipinski definition) is 2. The number of benzene rings is 1. The van der Waals surface area contributed by atoms with Crippen LogP contribution in [-0.4, -0.2) is 23.4 Å². The molecular weight excluding hydrogens is 327 g/mol. The highest BCUT2D eigenvalue weighted by atomic mass is 127. The standard InChI is InChI=1S/C13H13IN2O/c14-11-4-2-10(3-5-11)13(17)16(9-1-8-15)12-6-7-12/h2-5,12H,1,6-7,9H2. The lowest BCUT2D eigenvalue weighted by Gasteiger charge is -2.21. The van der Waals surface area contributed by atoms with Crippen molar-refractivity contribution in [2.45, 2.75) is 25.3 Å². The van der Waals surface area contributed by atoms with Crippen LogP contribution in [0.3, 0.4) is 0 Å². The minimum absolute atomic E-state index is 0.0548. The van der Waals surface area contributed by atoms with Gasteiger partial charge in [0.15, 0.2) is 0 Å². The van der Waals surface area contributed by atoms with Gasteiger partial charge >= 0.3 is 0 Å². The molecule has 88 valence electrons. The number of hydrogen-bond donors (Lipinski definition) is 0. The summed E-state index contributed by atoms with van der Waals surface area (Å²) in [6.45, 7) is 0.548. The first-order valence-electron chi connectivity index (χ1n) is 5.66. The molecule has 3 nitrogen and oxygen atoms in total. The lowest BCUT2D eigenvalue weighted by Crippen LogP contribution is -2.33. The summed E-state index contributed by atoms with van der Waals surface area (Å²) in [5.74, 6) is 0.0548. The number of nitrogens with zero attached hydrogens (tertiary/aromatic N) is 2. The van der Waals surface area contributed by atoms with Crippen LogP contribution in [0.2, 0.25) is 0 Å². The van der Waals surface area contributed by atoms with Crippen molar-refractivity contribution in [3.63, 3.8) is 0 Å². The lowest BCUT2D eigenvalue weighted by molar-refractivity contribution is 0.0747. The van der Waals surface area contributed by atoms with Crippen molar-refractivity contribution in [2.24, 2.45) is 0 Å². The normalized spacial score (nSPS) is 14.1. The summed E-state index contributed by atoms with van der Waals surface area (Å²) in [5.41, 5.74) is 0.718. The highest BCUT2D eigenvalue weighted by molar-refractivity contribution is 14.1. The quantitative estimate of drug-likeness (QED) is 0.791. The third kappa shape index (κ3) is 3.19. The van der Waals surface area contributed by atoms with E-state index in [1.165, 1.54) is 0 Å². The van der Waals surface area contributed by atoms with Crippen LogP contribution in [0.4, 0.5) is 0 Å². The fraction of sp³-hybridized carbons (Fsp3) is 0.385. The van der Waals surface area contributed by atoms with E-state index in [2.05, 4.69) is 28.7 Å². The van der Waals surface area contributed by atoms with Crippen LogP contribution < -0.4 is 0 Å². The van der Waals surface area contributed by atoms with E-state index in [9.17, 15) is 4.79 Å². The van der Waals surface area contributed by atoms with Gasteiger partial charge in [0.2, 0.25) is 0 Å². The van der Waals surface area contributed by atoms with E-state index in [0.29, 0.717) is 19.0 Å². The number of halogens is 1. The fourth-order valence-electron chi connectivity index (χ4n) is 1.76. The molecule has 1 aromatic carbocycles. The molecule has 1 aliphatic carbocycles. The first kappa shape index (κ1) is 12.4. The van der Waals surface area contributed by atoms with E-state index >= 15 is 0 Å². The number of amides is 1. The molecule has 17 heavy (non-hydrogen) atoms. The Kier molecular flexibility index (Phi) is 4.00. The van der Waals surface area contributed by atoms with Crippen LogP contribution in [-0.2, 0) is 0 Å². The molecule has 0 unspecified atom stereocenters. The van der Waals surface area contributed by atoms with Crippen molar-refractivity contribution < 1.29 is 4.79 Å². The average Bonchev–Trinajstić information content (AvgIpc) is 3.14. The Morgan fingerprint density at radius 1 is 1.41 bits per heavy atom. The first-order chi connectivity index (χ1) is 8.22. The molecule has 1 saturated carbocycles. The molecule has 1 amide bonds. The van der Waals surface area contributed by atoms with E-state index in [0.717, 1.165) is 22.0 Å². The highest BCUT2D eigenvalue weighted by Gasteiger charge is 2.32. The predicted octanol–water partition coefficient (Wildman–Crippen LogP) is 2.81. The molecule has 1 aromatic rings. The minimum Gasteiger partial charge on any atom is -0.335 e. The van der Waals surface area contributed by atoms with Gasteiger partial charge in [-0.2, -0.15) is 5.26 Å². The predicted molar refractivity (Wildman–Crippen MR) is 73.4 cm³/mol. The van der Waals surface area contributed by atoms with Gasteiger partial charge in [-0.05, 0) is 59.7 Å². The van der Waals surface area contributed by atoms with E-state index < -0.39 is 0 Å². The Morgan fingerprint density at radius 3 is 2.59 bits per heavy atom. The molecule has 0 radical (unpaired) electrons. The lowest BCUT2D eigenvalue weighted by atomic mass is 10.2. The van der Waals surface area contributed by atoms with Crippen LogP contribution in [0.5, 0.6) is 0 Å². The summed E-state index contributed by atoms with van der Waals surface area (Å²) in [7, 11) is 0. The van der Waals surface area contributed by atoms with Crippen molar-refractivity contribution in [3.8, 4) is 6.07 Å². The second-order valence-electron chi connectivity index (χ2n) is 4.14. The van der Waals surface area contributed by atoms with Gasteiger partial charge < -0.3 is 4.90 Å². The van der Waals surface area contributed by atoms with Crippen molar-refractivity contribution in [3.05, 3.63) is 33.4 Å². The number of carbonyl (C=O) groups excluding carboxylic acids is 1. The van der Waals surface area contributed by atoms with Gasteiger partial charge in [0.1, 0.15) is 0 Å². The zero-order valence-electron chi connectivity index (χ0n) is 9.40. The van der Waals surface area contributed by atoms with Gasteiger partial charge in [-0.25, -0.2) is 0 Å². The molecule has 0 N–H and O–H groups in total. The third-order valence-corrected chi connectivity index (χ3v) is 3.52. The van der Waals surface area contributed by atoms with Crippen molar-refractivity contribution in [1.29, 1.82) is 5.26 Å². The highest BCUT2D eigenvalue weighted by Crippen LogP contribution is 2.28. The molecule has 0 atom stereocenters.